The summed E-state index contributed by atoms with van der Waals surface area (Å²) in [7, 11) is 0. The first-order chi connectivity index (χ1) is 11.8. The SMILES string of the molecule is Cc1sc2nc(S[C@@H](C)C(=O)NC3CC3)n(CC(C)C)c(=O)c2c1C. The van der Waals surface area contributed by atoms with Crippen LogP contribution in [0.25, 0.3) is 10.2 Å². The van der Waals surface area contributed by atoms with E-state index in [-0.39, 0.29) is 16.7 Å². The number of amides is 1. The average Bonchev–Trinajstić information content (AvgIpc) is 3.29. The summed E-state index contributed by atoms with van der Waals surface area (Å²) in [5, 5.41) is 4.12. The van der Waals surface area contributed by atoms with Crippen molar-refractivity contribution in [3.8, 4) is 0 Å². The van der Waals surface area contributed by atoms with Crippen molar-refractivity contribution in [1.29, 1.82) is 0 Å². The van der Waals surface area contributed by atoms with Gasteiger partial charge in [-0.2, -0.15) is 0 Å². The highest BCUT2D eigenvalue weighted by Gasteiger charge is 2.27. The Morgan fingerprint density at radius 1 is 1.36 bits per heavy atom. The van der Waals surface area contributed by atoms with Crippen LogP contribution in [0.1, 0.15) is 44.1 Å². The lowest BCUT2D eigenvalue weighted by Gasteiger charge is -2.17. The molecular formula is C18H25N3O2S2. The number of hydrogen-bond donors (Lipinski definition) is 1. The summed E-state index contributed by atoms with van der Waals surface area (Å²) in [5.74, 6) is 0.350. The van der Waals surface area contributed by atoms with E-state index in [9.17, 15) is 9.59 Å². The maximum atomic E-state index is 13.1. The number of nitrogens with one attached hydrogen (secondary N) is 1. The molecule has 0 radical (unpaired) electrons. The lowest BCUT2D eigenvalue weighted by atomic mass is 10.2. The van der Waals surface area contributed by atoms with Gasteiger partial charge in [0.1, 0.15) is 4.83 Å². The molecule has 0 aromatic carbocycles. The number of hydrogen-bond acceptors (Lipinski definition) is 5. The normalized spacial score (nSPS) is 15.8. The van der Waals surface area contributed by atoms with E-state index in [0.29, 0.717) is 23.7 Å². The summed E-state index contributed by atoms with van der Waals surface area (Å²) in [6, 6.07) is 0.339. The molecule has 2 aromatic rings. The minimum Gasteiger partial charge on any atom is -0.352 e. The molecule has 1 aliphatic carbocycles. The van der Waals surface area contributed by atoms with Crippen molar-refractivity contribution in [2.45, 2.75) is 70.5 Å². The van der Waals surface area contributed by atoms with Gasteiger partial charge >= 0.3 is 0 Å². The molecule has 0 saturated heterocycles. The van der Waals surface area contributed by atoms with Gasteiger partial charge in [0.05, 0.1) is 10.6 Å². The van der Waals surface area contributed by atoms with E-state index in [1.807, 2.05) is 20.8 Å². The molecule has 0 unspecified atom stereocenters. The molecule has 0 spiro atoms. The summed E-state index contributed by atoms with van der Waals surface area (Å²) >= 11 is 2.93. The molecule has 1 N–H and O–H groups in total. The van der Waals surface area contributed by atoms with Gasteiger partial charge in [0.2, 0.25) is 5.91 Å². The average molecular weight is 380 g/mol. The number of thioether (sulfide) groups is 1. The topological polar surface area (TPSA) is 64.0 Å². The Bertz CT molecular complexity index is 865. The third kappa shape index (κ3) is 3.92. The first-order valence-corrected chi connectivity index (χ1v) is 10.4. The van der Waals surface area contributed by atoms with Crippen molar-refractivity contribution in [1.82, 2.24) is 14.9 Å². The molecule has 5 nitrogen and oxygen atoms in total. The Balaban J connectivity index is 1.99. The van der Waals surface area contributed by atoms with Crippen LogP contribution in [0.15, 0.2) is 9.95 Å². The summed E-state index contributed by atoms with van der Waals surface area (Å²) in [5.41, 5.74) is 1.03. The summed E-state index contributed by atoms with van der Waals surface area (Å²) in [4.78, 5) is 32.0. The quantitative estimate of drug-likeness (QED) is 0.616. The zero-order chi connectivity index (χ0) is 18.3. The van der Waals surface area contributed by atoms with Crippen molar-refractivity contribution < 1.29 is 4.79 Å². The summed E-state index contributed by atoms with van der Waals surface area (Å²) < 4.78 is 1.75. The zero-order valence-electron chi connectivity index (χ0n) is 15.4. The van der Waals surface area contributed by atoms with Crippen molar-refractivity contribution in [3.63, 3.8) is 0 Å². The number of rotatable bonds is 6. The predicted molar refractivity (Wildman–Crippen MR) is 105 cm³/mol. The highest BCUT2D eigenvalue weighted by Crippen LogP contribution is 2.30. The van der Waals surface area contributed by atoms with E-state index >= 15 is 0 Å². The second kappa shape index (κ2) is 7.11. The Kier molecular flexibility index (Phi) is 5.25. The van der Waals surface area contributed by atoms with Crippen molar-refractivity contribution in [2.24, 2.45) is 5.92 Å². The maximum absolute atomic E-state index is 13.1. The maximum Gasteiger partial charge on any atom is 0.263 e. The fourth-order valence-electron chi connectivity index (χ4n) is 2.68. The molecule has 2 heterocycles. The highest BCUT2D eigenvalue weighted by atomic mass is 32.2. The molecule has 1 atom stereocenters. The van der Waals surface area contributed by atoms with Gasteiger partial charge in [-0.1, -0.05) is 25.6 Å². The van der Waals surface area contributed by atoms with Crippen LogP contribution < -0.4 is 10.9 Å². The predicted octanol–water partition coefficient (Wildman–Crippen LogP) is 3.49. The molecule has 7 heteroatoms. The molecule has 1 fully saturated rings. The van der Waals surface area contributed by atoms with Gasteiger partial charge in [-0.25, -0.2) is 4.98 Å². The Morgan fingerprint density at radius 2 is 2.04 bits per heavy atom. The molecule has 136 valence electrons. The number of nitrogens with zero attached hydrogens (tertiary/aromatic N) is 2. The molecule has 25 heavy (non-hydrogen) atoms. The van der Waals surface area contributed by atoms with E-state index in [1.54, 1.807) is 15.9 Å². The molecule has 0 aliphatic heterocycles. The first kappa shape index (κ1) is 18.5. The standard InChI is InChI=1S/C18H25N3O2S2/c1-9(2)8-21-17(23)14-10(3)11(4)24-16(14)20-18(21)25-12(5)15(22)19-13-6-7-13/h9,12-13H,6-8H2,1-5H3,(H,19,22)/t12-/m0/s1. The van der Waals surface area contributed by atoms with Crippen molar-refractivity contribution in [3.05, 3.63) is 20.8 Å². The van der Waals surface area contributed by atoms with Crippen LogP contribution in [-0.2, 0) is 11.3 Å². The van der Waals surface area contributed by atoms with Crippen LogP contribution in [0.3, 0.4) is 0 Å². The largest absolute Gasteiger partial charge is 0.352 e. The Labute approximate surface area is 156 Å². The van der Waals surface area contributed by atoms with E-state index < -0.39 is 0 Å². The highest BCUT2D eigenvalue weighted by molar-refractivity contribution is 8.00. The third-order valence-corrected chi connectivity index (χ3v) is 6.57. The minimum atomic E-state index is -0.273. The lowest BCUT2D eigenvalue weighted by molar-refractivity contribution is -0.120. The number of fused-ring (bicyclic) bond motifs is 1. The minimum absolute atomic E-state index is 0.0119. The van der Waals surface area contributed by atoms with Crippen LogP contribution >= 0.6 is 23.1 Å². The second-order valence-corrected chi connectivity index (χ2v) is 9.72. The molecule has 0 bridgehead atoms. The Hall–Kier alpha value is -1.34. The van der Waals surface area contributed by atoms with Gasteiger partial charge in [-0.15, -0.1) is 11.3 Å². The van der Waals surface area contributed by atoms with Crippen molar-refractivity contribution >= 4 is 39.2 Å². The third-order valence-electron chi connectivity index (χ3n) is 4.38. The molecule has 1 aliphatic rings. The van der Waals surface area contributed by atoms with E-state index in [2.05, 4.69) is 19.2 Å². The van der Waals surface area contributed by atoms with Gasteiger partial charge in [0, 0.05) is 17.5 Å². The van der Waals surface area contributed by atoms with Gasteiger partial charge in [0.15, 0.2) is 5.16 Å². The molecule has 1 amide bonds. The van der Waals surface area contributed by atoms with E-state index in [4.69, 9.17) is 4.98 Å². The molecular weight excluding hydrogens is 354 g/mol. The zero-order valence-corrected chi connectivity index (χ0v) is 17.0. The smallest absolute Gasteiger partial charge is 0.263 e. The van der Waals surface area contributed by atoms with Crippen molar-refractivity contribution in [2.75, 3.05) is 0 Å². The van der Waals surface area contributed by atoms with Crippen LogP contribution in [0, 0.1) is 19.8 Å². The fraction of sp³-hybridized carbons (Fsp3) is 0.611. The molecule has 3 rings (SSSR count). The number of thiophene rings is 1. The van der Waals surface area contributed by atoms with Gasteiger partial charge in [0.25, 0.3) is 5.56 Å². The second-order valence-electron chi connectivity index (χ2n) is 7.21. The van der Waals surface area contributed by atoms with Gasteiger partial charge in [-0.05, 0) is 45.1 Å². The number of carbonyl (C=O) groups excluding carboxylic acids is 1. The first-order valence-electron chi connectivity index (χ1n) is 8.75. The molecule has 1 saturated carbocycles. The van der Waals surface area contributed by atoms with Crippen LogP contribution in [0.2, 0.25) is 0 Å². The fourth-order valence-corrected chi connectivity index (χ4v) is 4.68. The number of aromatic nitrogens is 2. The summed E-state index contributed by atoms with van der Waals surface area (Å²) in [6.07, 6.45) is 2.14. The van der Waals surface area contributed by atoms with Crippen LogP contribution in [-0.4, -0.2) is 26.8 Å². The number of aryl methyl sites for hydroxylation is 2. The number of carbonyl (C=O) groups is 1. The Morgan fingerprint density at radius 3 is 2.64 bits per heavy atom. The summed E-state index contributed by atoms with van der Waals surface area (Å²) in [6.45, 7) is 10.7. The van der Waals surface area contributed by atoms with E-state index in [0.717, 1.165) is 33.5 Å². The van der Waals surface area contributed by atoms with Gasteiger partial charge < -0.3 is 5.32 Å². The van der Waals surface area contributed by atoms with Crippen LogP contribution in [0.4, 0.5) is 0 Å². The lowest BCUT2D eigenvalue weighted by Crippen LogP contribution is -2.33. The molecule has 2 aromatic heterocycles. The monoisotopic (exact) mass is 379 g/mol. The van der Waals surface area contributed by atoms with Crippen LogP contribution in [0.5, 0.6) is 0 Å². The van der Waals surface area contributed by atoms with E-state index in [1.165, 1.54) is 11.8 Å². The van der Waals surface area contributed by atoms with Gasteiger partial charge in [-0.3, -0.25) is 14.2 Å².